The molecule has 0 bridgehead atoms. The minimum Gasteiger partial charge on any atom is -0.453 e. The number of carbonyl (C=O) groups is 1. The molecule has 3 nitrogen and oxygen atoms in total. The lowest BCUT2D eigenvalue weighted by atomic mass is 9.98. The van der Waals surface area contributed by atoms with E-state index in [4.69, 9.17) is 0 Å². The summed E-state index contributed by atoms with van der Waals surface area (Å²) in [5.74, 6) is 0.448. The minimum absolute atomic E-state index is 0.365. The summed E-state index contributed by atoms with van der Waals surface area (Å²) in [6, 6.07) is 10.3. The van der Waals surface area contributed by atoms with Gasteiger partial charge in [0.1, 0.15) is 0 Å². The normalized spacial score (nSPS) is 11.9. The number of carbonyl (C=O) groups excluding carboxylic acids is 1. The first-order valence-electron chi connectivity index (χ1n) is 5.11. The first-order chi connectivity index (χ1) is 7.24. The van der Waals surface area contributed by atoms with Crippen LogP contribution in [0.25, 0.3) is 0 Å². The van der Waals surface area contributed by atoms with Crippen LogP contribution in [0.2, 0.25) is 0 Å². The Morgan fingerprint density at radius 2 is 2.07 bits per heavy atom. The van der Waals surface area contributed by atoms with Crippen LogP contribution >= 0.6 is 0 Å². The topological polar surface area (TPSA) is 38.3 Å². The summed E-state index contributed by atoms with van der Waals surface area (Å²) in [5, 5.41) is 2.67. The summed E-state index contributed by atoms with van der Waals surface area (Å²) in [4.78, 5) is 10.8. The van der Waals surface area contributed by atoms with Crippen LogP contribution in [0.1, 0.15) is 24.8 Å². The number of ether oxygens (including phenoxy) is 1. The van der Waals surface area contributed by atoms with Crippen LogP contribution in [-0.2, 0) is 4.74 Å². The molecule has 0 heterocycles. The number of hydrogen-bond donors (Lipinski definition) is 1. The lowest BCUT2D eigenvalue weighted by molar-refractivity contribution is 0.171. The zero-order valence-electron chi connectivity index (χ0n) is 9.19. The van der Waals surface area contributed by atoms with Crippen molar-refractivity contribution in [1.29, 1.82) is 0 Å². The standard InChI is InChI=1S/C12H17NO2/c1-10(8-9-13-12(14)15-2)11-6-4-3-5-7-11/h3-7,10H,8-9H2,1-2H3,(H,13,14). The number of rotatable bonds is 4. The third-order valence-electron chi connectivity index (χ3n) is 2.40. The summed E-state index contributed by atoms with van der Waals surface area (Å²) < 4.78 is 4.49. The molecule has 1 rings (SSSR count). The fraction of sp³-hybridized carbons (Fsp3) is 0.417. The van der Waals surface area contributed by atoms with Crippen LogP contribution < -0.4 is 5.32 Å². The van der Waals surface area contributed by atoms with E-state index in [-0.39, 0.29) is 6.09 Å². The van der Waals surface area contributed by atoms with E-state index < -0.39 is 0 Å². The van der Waals surface area contributed by atoms with Crippen molar-refractivity contribution in [2.45, 2.75) is 19.3 Å². The molecule has 0 aromatic heterocycles. The molecular formula is C12H17NO2. The van der Waals surface area contributed by atoms with Gasteiger partial charge in [0, 0.05) is 6.54 Å². The van der Waals surface area contributed by atoms with Crippen molar-refractivity contribution in [2.24, 2.45) is 0 Å². The van der Waals surface area contributed by atoms with Crippen LogP contribution in [0.15, 0.2) is 30.3 Å². The fourth-order valence-electron chi connectivity index (χ4n) is 1.41. The molecule has 1 unspecified atom stereocenters. The molecule has 82 valence electrons. The smallest absolute Gasteiger partial charge is 0.406 e. The third kappa shape index (κ3) is 4.02. The van der Waals surface area contributed by atoms with Gasteiger partial charge < -0.3 is 10.1 Å². The largest absolute Gasteiger partial charge is 0.453 e. The fourth-order valence-corrected chi connectivity index (χ4v) is 1.41. The average Bonchev–Trinajstić information content (AvgIpc) is 2.29. The Morgan fingerprint density at radius 1 is 1.40 bits per heavy atom. The van der Waals surface area contributed by atoms with Crippen molar-refractivity contribution in [1.82, 2.24) is 5.32 Å². The van der Waals surface area contributed by atoms with Gasteiger partial charge in [-0.3, -0.25) is 0 Å². The quantitative estimate of drug-likeness (QED) is 0.824. The van der Waals surface area contributed by atoms with E-state index in [1.54, 1.807) is 0 Å². The number of alkyl carbamates (subject to hydrolysis) is 1. The van der Waals surface area contributed by atoms with Crippen LogP contribution in [0.4, 0.5) is 4.79 Å². The number of methoxy groups -OCH3 is 1. The highest BCUT2D eigenvalue weighted by molar-refractivity contribution is 5.66. The highest BCUT2D eigenvalue weighted by Crippen LogP contribution is 2.17. The van der Waals surface area contributed by atoms with E-state index in [1.807, 2.05) is 18.2 Å². The van der Waals surface area contributed by atoms with Crippen LogP contribution in [-0.4, -0.2) is 19.7 Å². The Balaban J connectivity index is 2.31. The predicted octanol–water partition coefficient (Wildman–Crippen LogP) is 2.54. The second-order valence-electron chi connectivity index (χ2n) is 3.52. The molecule has 0 saturated carbocycles. The van der Waals surface area contributed by atoms with E-state index in [0.29, 0.717) is 12.5 Å². The molecule has 1 aromatic rings. The number of benzene rings is 1. The summed E-state index contributed by atoms with van der Waals surface area (Å²) in [6.45, 7) is 2.79. The zero-order chi connectivity index (χ0) is 11.1. The summed E-state index contributed by atoms with van der Waals surface area (Å²) in [5.41, 5.74) is 1.30. The molecular weight excluding hydrogens is 190 g/mol. The van der Waals surface area contributed by atoms with E-state index in [2.05, 4.69) is 29.1 Å². The first kappa shape index (κ1) is 11.6. The van der Waals surface area contributed by atoms with E-state index in [9.17, 15) is 4.79 Å². The first-order valence-corrected chi connectivity index (χ1v) is 5.11. The zero-order valence-corrected chi connectivity index (χ0v) is 9.19. The Morgan fingerprint density at radius 3 is 2.67 bits per heavy atom. The molecule has 0 aliphatic carbocycles. The van der Waals surface area contributed by atoms with Crippen molar-refractivity contribution >= 4 is 6.09 Å². The highest BCUT2D eigenvalue weighted by Gasteiger charge is 2.05. The SMILES string of the molecule is COC(=O)NCCC(C)c1ccccc1. The van der Waals surface area contributed by atoms with Gasteiger partial charge in [0.25, 0.3) is 0 Å². The van der Waals surface area contributed by atoms with Crippen molar-refractivity contribution in [2.75, 3.05) is 13.7 Å². The Hall–Kier alpha value is -1.51. The summed E-state index contributed by atoms with van der Waals surface area (Å²) in [6.07, 6.45) is 0.550. The van der Waals surface area contributed by atoms with Crippen molar-refractivity contribution in [3.05, 3.63) is 35.9 Å². The average molecular weight is 207 g/mol. The minimum atomic E-state index is -0.365. The van der Waals surface area contributed by atoms with E-state index in [0.717, 1.165) is 6.42 Å². The molecule has 1 N–H and O–H groups in total. The second-order valence-corrected chi connectivity index (χ2v) is 3.52. The maximum absolute atomic E-state index is 10.8. The Labute approximate surface area is 90.4 Å². The van der Waals surface area contributed by atoms with Gasteiger partial charge in [-0.15, -0.1) is 0 Å². The maximum Gasteiger partial charge on any atom is 0.406 e. The van der Waals surface area contributed by atoms with Gasteiger partial charge in [0.05, 0.1) is 7.11 Å². The van der Waals surface area contributed by atoms with Crippen LogP contribution in [0.3, 0.4) is 0 Å². The summed E-state index contributed by atoms with van der Waals surface area (Å²) in [7, 11) is 1.37. The monoisotopic (exact) mass is 207 g/mol. The molecule has 0 saturated heterocycles. The van der Waals surface area contributed by atoms with Gasteiger partial charge in [-0.05, 0) is 17.9 Å². The highest BCUT2D eigenvalue weighted by atomic mass is 16.5. The van der Waals surface area contributed by atoms with Gasteiger partial charge in [0.2, 0.25) is 0 Å². The molecule has 1 aromatic carbocycles. The molecule has 1 atom stereocenters. The Kier molecular flexibility index (Phi) is 4.68. The van der Waals surface area contributed by atoms with Crippen molar-refractivity contribution < 1.29 is 9.53 Å². The molecule has 0 aliphatic rings. The van der Waals surface area contributed by atoms with Gasteiger partial charge >= 0.3 is 6.09 Å². The van der Waals surface area contributed by atoms with E-state index >= 15 is 0 Å². The number of nitrogens with one attached hydrogen (secondary N) is 1. The van der Waals surface area contributed by atoms with Gasteiger partial charge in [-0.1, -0.05) is 37.3 Å². The lowest BCUT2D eigenvalue weighted by Crippen LogP contribution is -2.24. The van der Waals surface area contributed by atoms with Gasteiger partial charge in [0.15, 0.2) is 0 Å². The maximum atomic E-state index is 10.8. The third-order valence-corrected chi connectivity index (χ3v) is 2.40. The summed E-state index contributed by atoms with van der Waals surface area (Å²) >= 11 is 0. The van der Waals surface area contributed by atoms with Gasteiger partial charge in [-0.25, -0.2) is 4.79 Å². The van der Waals surface area contributed by atoms with Crippen molar-refractivity contribution in [3.8, 4) is 0 Å². The van der Waals surface area contributed by atoms with E-state index in [1.165, 1.54) is 12.7 Å². The molecule has 0 radical (unpaired) electrons. The second kappa shape index (κ2) is 6.06. The van der Waals surface area contributed by atoms with Gasteiger partial charge in [-0.2, -0.15) is 0 Å². The molecule has 15 heavy (non-hydrogen) atoms. The van der Waals surface area contributed by atoms with Crippen molar-refractivity contribution in [3.63, 3.8) is 0 Å². The van der Waals surface area contributed by atoms with Crippen LogP contribution in [0.5, 0.6) is 0 Å². The molecule has 0 spiro atoms. The Bertz CT molecular complexity index is 298. The number of amides is 1. The molecule has 1 amide bonds. The lowest BCUT2D eigenvalue weighted by Gasteiger charge is -2.11. The molecule has 0 fully saturated rings. The predicted molar refractivity (Wildman–Crippen MR) is 59.9 cm³/mol. The van der Waals surface area contributed by atoms with Crippen LogP contribution in [0, 0.1) is 0 Å². The number of hydrogen-bond acceptors (Lipinski definition) is 2. The molecule has 0 aliphatic heterocycles. The molecule has 3 heteroatoms.